The lowest BCUT2D eigenvalue weighted by atomic mass is 9.96. The van der Waals surface area contributed by atoms with Crippen molar-refractivity contribution in [1.82, 2.24) is 9.78 Å². The molecule has 1 amide bonds. The molecule has 0 saturated carbocycles. The molecule has 0 N–H and O–H groups in total. The molecule has 0 aliphatic carbocycles. The number of fused-ring (bicyclic) bond motifs is 1. The van der Waals surface area contributed by atoms with Crippen molar-refractivity contribution in [1.29, 1.82) is 0 Å². The molecule has 9 heteroatoms. The summed E-state index contributed by atoms with van der Waals surface area (Å²) in [4.78, 5) is 14.3. The number of rotatable bonds is 1. The summed E-state index contributed by atoms with van der Waals surface area (Å²) >= 11 is 5.82. The largest absolute Gasteiger partial charge is 0.436 e. The van der Waals surface area contributed by atoms with E-state index in [-0.39, 0.29) is 11.7 Å². The van der Waals surface area contributed by atoms with Gasteiger partial charge in [0.05, 0.1) is 0 Å². The van der Waals surface area contributed by atoms with Gasteiger partial charge in [0.15, 0.2) is 5.69 Å². The van der Waals surface area contributed by atoms with Crippen molar-refractivity contribution in [3.8, 4) is 0 Å². The highest BCUT2D eigenvalue weighted by Crippen LogP contribution is 2.38. The zero-order valence-electron chi connectivity index (χ0n) is 13.4. The number of hydrogen-bond acceptors (Lipinski definition) is 2. The molecule has 1 aliphatic heterocycles. The smallest absolute Gasteiger partial charge is 0.304 e. The van der Waals surface area contributed by atoms with Crippen molar-refractivity contribution in [2.75, 3.05) is 4.90 Å². The minimum atomic E-state index is -4.76. The SMILES string of the molecule is CC1CCc2cc(F)ccc2N1C(=O)c1c(Cl)c(C(F)(F)F)nn1C. The maximum atomic E-state index is 13.4. The Morgan fingerprint density at radius 1 is 1.36 bits per heavy atom. The van der Waals surface area contributed by atoms with Gasteiger partial charge < -0.3 is 4.90 Å². The normalized spacial score (nSPS) is 17.6. The Balaban J connectivity index is 2.09. The minimum absolute atomic E-state index is 0.272. The summed E-state index contributed by atoms with van der Waals surface area (Å²) in [6, 6.07) is 3.72. The number of carbonyl (C=O) groups is 1. The maximum Gasteiger partial charge on any atom is 0.436 e. The van der Waals surface area contributed by atoms with Gasteiger partial charge in [0.2, 0.25) is 0 Å². The zero-order valence-corrected chi connectivity index (χ0v) is 14.1. The van der Waals surface area contributed by atoms with Crippen LogP contribution in [0, 0.1) is 5.82 Å². The molecule has 4 nitrogen and oxygen atoms in total. The van der Waals surface area contributed by atoms with E-state index in [0.717, 1.165) is 4.68 Å². The van der Waals surface area contributed by atoms with Gasteiger partial charge in [-0.3, -0.25) is 9.48 Å². The van der Waals surface area contributed by atoms with Crippen molar-refractivity contribution >= 4 is 23.2 Å². The van der Waals surface area contributed by atoms with Crippen LogP contribution in [0.15, 0.2) is 18.2 Å². The van der Waals surface area contributed by atoms with E-state index in [1.807, 2.05) is 0 Å². The van der Waals surface area contributed by atoms with Crippen LogP contribution in [0.5, 0.6) is 0 Å². The van der Waals surface area contributed by atoms with Crippen LogP contribution < -0.4 is 4.90 Å². The van der Waals surface area contributed by atoms with E-state index in [0.29, 0.717) is 24.1 Å². The summed E-state index contributed by atoms with van der Waals surface area (Å²) in [6.45, 7) is 1.78. The van der Waals surface area contributed by atoms with Crippen molar-refractivity contribution in [3.05, 3.63) is 46.0 Å². The first-order chi connectivity index (χ1) is 11.6. The van der Waals surface area contributed by atoms with Gasteiger partial charge in [0, 0.05) is 18.8 Å². The minimum Gasteiger partial charge on any atom is -0.304 e. The van der Waals surface area contributed by atoms with Gasteiger partial charge in [-0.15, -0.1) is 0 Å². The molecule has 3 rings (SSSR count). The highest BCUT2D eigenvalue weighted by atomic mass is 35.5. The number of anilines is 1. The van der Waals surface area contributed by atoms with E-state index >= 15 is 0 Å². The summed E-state index contributed by atoms with van der Waals surface area (Å²) in [5.41, 5.74) is -0.557. The van der Waals surface area contributed by atoms with E-state index in [1.165, 1.54) is 30.1 Å². The van der Waals surface area contributed by atoms with Crippen LogP contribution in [0.3, 0.4) is 0 Å². The molecule has 2 heterocycles. The van der Waals surface area contributed by atoms with Crippen LogP contribution in [-0.4, -0.2) is 21.7 Å². The third-order valence-corrected chi connectivity index (χ3v) is 4.61. The van der Waals surface area contributed by atoms with E-state index in [1.54, 1.807) is 6.92 Å². The molecule has 1 unspecified atom stereocenters. The first-order valence-corrected chi connectivity index (χ1v) is 7.90. The molecule has 0 fully saturated rings. The Morgan fingerprint density at radius 2 is 2.04 bits per heavy atom. The molecule has 0 spiro atoms. The van der Waals surface area contributed by atoms with Crippen molar-refractivity contribution in [3.63, 3.8) is 0 Å². The first-order valence-electron chi connectivity index (χ1n) is 7.53. The van der Waals surface area contributed by atoms with Crippen molar-refractivity contribution in [2.45, 2.75) is 32.0 Å². The fourth-order valence-electron chi connectivity index (χ4n) is 3.06. The summed E-state index contributed by atoms with van der Waals surface area (Å²) < 4.78 is 53.2. The summed E-state index contributed by atoms with van der Waals surface area (Å²) in [5, 5.41) is 2.61. The highest BCUT2D eigenvalue weighted by molar-refractivity contribution is 6.35. The van der Waals surface area contributed by atoms with Gasteiger partial charge in [-0.25, -0.2) is 4.39 Å². The van der Waals surface area contributed by atoms with E-state index in [4.69, 9.17) is 11.6 Å². The molecule has 25 heavy (non-hydrogen) atoms. The molecular weight excluding hydrogens is 362 g/mol. The number of alkyl halides is 3. The fourth-order valence-corrected chi connectivity index (χ4v) is 3.40. The monoisotopic (exact) mass is 375 g/mol. The number of nitrogens with zero attached hydrogens (tertiary/aromatic N) is 3. The lowest BCUT2D eigenvalue weighted by Crippen LogP contribution is -2.43. The van der Waals surface area contributed by atoms with Crippen molar-refractivity contribution in [2.24, 2.45) is 7.05 Å². The van der Waals surface area contributed by atoms with Crippen LogP contribution in [0.2, 0.25) is 5.02 Å². The van der Waals surface area contributed by atoms with Gasteiger partial charge in [0.25, 0.3) is 5.91 Å². The molecule has 134 valence electrons. The fraction of sp³-hybridized carbons (Fsp3) is 0.375. The number of halogens is 5. The lowest BCUT2D eigenvalue weighted by Gasteiger charge is -2.35. The maximum absolute atomic E-state index is 13.4. The van der Waals surface area contributed by atoms with Crippen LogP contribution in [-0.2, 0) is 19.6 Å². The van der Waals surface area contributed by atoms with Gasteiger partial charge in [-0.1, -0.05) is 11.6 Å². The molecule has 2 aromatic rings. The molecule has 1 aliphatic rings. The topological polar surface area (TPSA) is 38.1 Å². The Labute approximate surface area is 146 Å². The molecule has 1 atom stereocenters. The second kappa shape index (κ2) is 6.01. The third-order valence-electron chi connectivity index (χ3n) is 4.25. The predicted octanol–water partition coefficient (Wildman–Crippen LogP) is 4.21. The Hall–Kier alpha value is -2.09. The van der Waals surface area contributed by atoms with Gasteiger partial charge in [0.1, 0.15) is 16.5 Å². The summed E-state index contributed by atoms with van der Waals surface area (Å²) in [6.07, 6.45) is -3.63. The molecular formula is C16H14ClF4N3O. The van der Waals surface area contributed by atoms with Crippen molar-refractivity contribution < 1.29 is 22.4 Å². The van der Waals surface area contributed by atoms with Crippen LogP contribution in [0.1, 0.15) is 35.1 Å². The standard InChI is InChI=1S/C16H14ClF4N3O/c1-8-3-4-9-7-10(18)5-6-11(9)24(8)15(25)13-12(17)14(16(19,20)21)22-23(13)2/h5-8H,3-4H2,1-2H3. The Morgan fingerprint density at radius 3 is 2.64 bits per heavy atom. The molecule has 0 saturated heterocycles. The number of aryl methyl sites for hydroxylation is 2. The van der Waals surface area contributed by atoms with Gasteiger partial charge >= 0.3 is 6.18 Å². The van der Waals surface area contributed by atoms with Crippen LogP contribution >= 0.6 is 11.6 Å². The number of carbonyl (C=O) groups excluding carboxylic acids is 1. The second-order valence-electron chi connectivity index (χ2n) is 5.97. The van der Waals surface area contributed by atoms with Crippen LogP contribution in [0.25, 0.3) is 0 Å². The van der Waals surface area contributed by atoms with E-state index in [9.17, 15) is 22.4 Å². The summed E-state index contributed by atoms with van der Waals surface area (Å²) in [7, 11) is 1.23. The average Bonchev–Trinajstić information content (AvgIpc) is 2.82. The number of benzene rings is 1. The predicted molar refractivity (Wildman–Crippen MR) is 84.2 cm³/mol. The Bertz CT molecular complexity index is 847. The number of hydrogen-bond donors (Lipinski definition) is 0. The van der Waals surface area contributed by atoms with Gasteiger partial charge in [-0.05, 0) is 43.5 Å². The molecule has 0 radical (unpaired) electrons. The average molecular weight is 376 g/mol. The molecule has 1 aromatic carbocycles. The molecule has 1 aromatic heterocycles. The van der Waals surface area contributed by atoms with Crippen LogP contribution in [0.4, 0.5) is 23.2 Å². The lowest BCUT2D eigenvalue weighted by molar-refractivity contribution is -0.141. The molecule has 0 bridgehead atoms. The quantitative estimate of drug-likeness (QED) is 0.700. The van der Waals surface area contributed by atoms with E-state index < -0.39 is 28.6 Å². The highest BCUT2D eigenvalue weighted by Gasteiger charge is 2.41. The van der Waals surface area contributed by atoms with Gasteiger partial charge in [-0.2, -0.15) is 18.3 Å². The number of aromatic nitrogens is 2. The zero-order chi connectivity index (χ0) is 18.5. The third kappa shape index (κ3) is 2.99. The number of amides is 1. The van der Waals surface area contributed by atoms with E-state index in [2.05, 4.69) is 5.10 Å². The second-order valence-corrected chi connectivity index (χ2v) is 6.35. The Kier molecular flexibility index (Phi) is 4.26. The summed E-state index contributed by atoms with van der Waals surface area (Å²) in [5.74, 6) is -1.13. The first kappa shape index (κ1) is 17.7.